The number of halogens is 1. The zero-order valence-electron chi connectivity index (χ0n) is 17.7. The number of aliphatic hydroxyl groups is 1. The van der Waals surface area contributed by atoms with Gasteiger partial charge >= 0.3 is 5.97 Å². The van der Waals surface area contributed by atoms with E-state index in [4.69, 9.17) is 22.1 Å². The summed E-state index contributed by atoms with van der Waals surface area (Å²) in [7, 11) is 0. The molecule has 0 saturated carbocycles. The summed E-state index contributed by atoms with van der Waals surface area (Å²) in [4.78, 5) is 13.0. The molecule has 32 heavy (non-hydrogen) atoms. The van der Waals surface area contributed by atoms with Crippen molar-refractivity contribution in [2.24, 2.45) is 5.73 Å². The fraction of sp³-hybridized carbons (Fsp3) is 0.240. The molecule has 4 N–H and O–H groups in total. The highest BCUT2D eigenvalue weighted by molar-refractivity contribution is 7.99. The molecule has 0 aliphatic rings. The lowest BCUT2D eigenvalue weighted by atomic mass is 9.79. The van der Waals surface area contributed by atoms with Gasteiger partial charge in [0.2, 0.25) is 0 Å². The Morgan fingerprint density at radius 2 is 1.78 bits per heavy atom. The number of aliphatic carboxylic acids is 1. The lowest BCUT2D eigenvalue weighted by molar-refractivity contribution is -0.139. The van der Waals surface area contributed by atoms with Crippen molar-refractivity contribution in [2.45, 2.75) is 41.2 Å². The molecule has 0 heterocycles. The lowest BCUT2D eigenvalue weighted by Gasteiger charge is -2.33. The molecule has 0 spiro atoms. The zero-order valence-corrected chi connectivity index (χ0v) is 19.3. The van der Waals surface area contributed by atoms with Crippen LogP contribution in [0.5, 0.6) is 5.75 Å². The van der Waals surface area contributed by atoms with Crippen molar-refractivity contribution in [3.63, 3.8) is 0 Å². The van der Waals surface area contributed by atoms with Crippen LogP contribution in [0, 0.1) is 0 Å². The first-order valence-electron chi connectivity index (χ1n) is 10.2. The van der Waals surface area contributed by atoms with E-state index in [0.717, 1.165) is 21.1 Å². The van der Waals surface area contributed by atoms with Gasteiger partial charge in [0, 0.05) is 15.7 Å². The smallest absolute Gasteiger partial charge is 0.305 e. The highest BCUT2D eigenvalue weighted by atomic mass is 35.5. The molecule has 3 aromatic carbocycles. The Hall–Kier alpha value is -2.51. The van der Waals surface area contributed by atoms with Gasteiger partial charge in [-0.25, -0.2) is 0 Å². The van der Waals surface area contributed by atoms with E-state index in [1.165, 1.54) is 11.8 Å². The second-order valence-electron chi connectivity index (χ2n) is 7.69. The third kappa shape index (κ3) is 6.04. The number of ether oxygens (including phenoxy) is 1. The number of benzene rings is 3. The first-order chi connectivity index (χ1) is 15.3. The Morgan fingerprint density at radius 1 is 1.09 bits per heavy atom. The summed E-state index contributed by atoms with van der Waals surface area (Å²) in [6.07, 6.45) is -0.358. The van der Waals surface area contributed by atoms with Crippen LogP contribution in [0.2, 0.25) is 5.02 Å². The van der Waals surface area contributed by atoms with Gasteiger partial charge in [0.05, 0.1) is 23.6 Å². The lowest BCUT2D eigenvalue weighted by Crippen LogP contribution is -2.50. The van der Waals surface area contributed by atoms with Gasteiger partial charge in [0.15, 0.2) is 0 Å². The molecule has 2 unspecified atom stereocenters. The largest absolute Gasteiger partial charge is 0.489 e. The van der Waals surface area contributed by atoms with Crippen molar-refractivity contribution < 1.29 is 19.7 Å². The molecular weight excluding hydrogens is 446 g/mol. The quantitative estimate of drug-likeness (QED) is 0.369. The van der Waals surface area contributed by atoms with Crippen molar-refractivity contribution in [3.05, 3.63) is 88.9 Å². The van der Waals surface area contributed by atoms with Gasteiger partial charge in [-0.05, 0) is 41.5 Å². The van der Waals surface area contributed by atoms with Crippen LogP contribution in [0.15, 0.2) is 82.6 Å². The van der Waals surface area contributed by atoms with E-state index in [0.29, 0.717) is 17.2 Å². The Balaban J connectivity index is 1.72. The van der Waals surface area contributed by atoms with Gasteiger partial charge in [-0.15, -0.1) is 0 Å². The maximum atomic E-state index is 11.2. The van der Waals surface area contributed by atoms with Crippen molar-refractivity contribution >= 4 is 29.3 Å². The predicted octanol–water partition coefficient (Wildman–Crippen LogP) is 5.34. The van der Waals surface area contributed by atoms with Crippen LogP contribution in [0.1, 0.15) is 30.4 Å². The van der Waals surface area contributed by atoms with E-state index in [1.807, 2.05) is 72.8 Å². The minimum absolute atomic E-state index is 0.358. The molecule has 0 aliphatic carbocycles. The highest BCUT2D eigenvalue weighted by Crippen LogP contribution is 2.40. The molecule has 0 fully saturated rings. The SMILES string of the molecule is CC(c1cccc(Sc2ccc(OCc3ccccc3)cc2)c1Cl)C(N)(CO)CC(=O)O. The standard InChI is InChI=1S/C25H26ClNO4S/c1-17(25(27,16-28)14-23(29)30)21-8-5-9-22(24(21)26)32-20-12-10-19(11-13-20)31-15-18-6-3-2-4-7-18/h2-13,17,28H,14-16,27H2,1H3,(H,29,30). The Kier molecular flexibility index (Phi) is 8.21. The van der Waals surface area contributed by atoms with Gasteiger partial charge in [-0.2, -0.15) is 0 Å². The fourth-order valence-electron chi connectivity index (χ4n) is 3.35. The average molecular weight is 472 g/mol. The Bertz CT molecular complexity index is 1050. The van der Waals surface area contributed by atoms with Crippen LogP contribution >= 0.6 is 23.4 Å². The van der Waals surface area contributed by atoms with Crippen LogP contribution in [0.4, 0.5) is 0 Å². The van der Waals surface area contributed by atoms with Gasteiger partial charge in [0.1, 0.15) is 12.4 Å². The monoisotopic (exact) mass is 471 g/mol. The topological polar surface area (TPSA) is 92.8 Å². The first kappa shape index (κ1) is 24.1. The molecule has 5 nitrogen and oxygen atoms in total. The molecule has 0 amide bonds. The number of hydrogen-bond donors (Lipinski definition) is 3. The highest BCUT2D eigenvalue weighted by Gasteiger charge is 2.36. The van der Waals surface area contributed by atoms with Crippen molar-refractivity contribution in [3.8, 4) is 5.75 Å². The summed E-state index contributed by atoms with van der Waals surface area (Å²) >= 11 is 8.17. The zero-order chi connectivity index (χ0) is 23.1. The summed E-state index contributed by atoms with van der Waals surface area (Å²) < 4.78 is 5.83. The summed E-state index contributed by atoms with van der Waals surface area (Å²) in [6.45, 7) is 1.83. The summed E-state index contributed by atoms with van der Waals surface area (Å²) in [5.74, 6) is -0.744. The van der Waals surface area contributed by atoms with Gasteiger partial charge < -0.3 is 20.7 Å². The van der Waals surface area contributed by atoms with E-state index in [9.17, 15) is 15.0 Å². The molecule has 3 aromatic rings. The van der Waals surface area contributed by atoms with E-state index in [-0.39, 0.29) is 6.42 Å². The number of hydrogen-bond acceptors (Lipinski definition) is 5. The molecule has 3 rings (SSSR count). The van der Waals surface area contributed by atoms with Crippen LogP contribution < -0.4 is 10.5 Å². The van der Waals surface area contributed by atoms with Gasteiger partial charge in [-0.3, -0.25) is 4.79 Å². The summed E-state index contributed by atoms with van der Waals surface area (Å²) in [6, 6.07) is 23.3. The first-order valence-corrected chi connectivity index (χ1v) is 11.4. The third-order valence-electron chi connectivity index (χ3n) is 5.40. The molecule has 0 aromatic heterocycles. The van der Waals surface area contributed by atoms with Crippen LogP contribution in [-0.2, 0) is 11.4 Å². The van der Waals surface area contributed by atoms with E-state index in [2.05, 4.69) is 0 Å². The molecule has 0 aliphatic heterocycles. The van der Waals surface area contributed by atoms with Crippen molar-refractivity contribution in [1.29, 1.82) is 0 Å². The summed E-state index contributed by atoms with van der Waals surface area (Å²) in [5, 5.41) is 19.4. The van der Waals surface area contributed by atoms with Crippen molar-refractivity contribution in [1.82, 2.24) is 0 Å². The van der Waals surface area contributed by atoms with Crippen LogP contribution in [0.25, 0.3) is 0 Å². The molecule has 168 valence electrons. The second-order valence-corrected chi connectivity index (χ2v) is 9.18. The maximum Gasteiger partial charge on any atom is 0.305 e. The number of carboxylic acid groups (broad SMARTS) is 1. The molecule has 0 saturated heterocycles. The minimum atomic E-state index is -1.31. The number of nitrogens with two attached hydrogens (primary N) is 1. The molecule has 2 atom stereocenters. The number of aliphatic hydroxyl groups excluding tert-OH is 1. The summed E-state index contributed by atoms with van der Waals surface area (Å²) in [5.41, 5.74) is 6.72. The van der Waals surface area contributed by atoms with Crippen LogP contribution in [-0.4, -0.2) is 28.3 Å². The Labute approximate surface area is 197 Å². The fourth-order valence-corrected chi connectivity index (χ4v) is 4.64. The van der Waals surface area contributed by atoms with Gasteiger partial charge in [0.25, 0.3) is 0 Å². The Morgan fingerprint density at radius 3 is 2.41 bits per heavy atom. The predicted molar refractivity (Wildman–Crippen MR) is 127 cm³/mol. The van der Waals surface area contributed by atoms with E-state index >= 15 is 0 Å². The minimum Gasteiger partial charge on any atom is -0.489 e. The third-order valence-corrected chi connectivity index (χ3v) is 7.00. The van der Waals surface area contributed by atoms with E-state index in [1.54, 1.807) is 6.92 Å². The molecule has 0 bridgehead atoms. The molecular formula is C25H26ClNO4S. The number of carbonyl (C=O) groups is 1. The van der Waals surface area contributed by atoms with Crippen molar-refractivity contribution in [2.75, 3.05) is 6.61 Å². The maximum absolute atomic E-state index is 11.2. The molecule has 0 radical (unpaired) electrons. The second kappa shape index (κ2) is 10.9. The van der Waals surface area contributed by atoms with Gasteiger partial charge in [-0.1, -0.05) is 72.8 Å². The van der Waals surface area contributed by atoms with Crippen LogP contribution in [0.3, 0.4) is 0 Å². The number of carboxylic acids is 1. The number of rotatable bonds is 10. The average Bonchev–Trinajstić information content (AvgIpc) is 2.79. The molecule has 7 heteroatoms. The van der Waals surface area contributed by atoms with E-state index < -0.39 is 24.0 Å². The normalized spacial score (nSPS) is 13.9.